The molecule has 214 valence electrons. The molecule has 3 fully saturated rings. The summed E-state index contributed by atoms with van der Waals surface area (Å²) in [5, 5.41) is 0.870. The molecule has 1 aliphatic carbocycles. The van der Waals surface area contributed by atoms with E-state index < -0.39 is 6.09 Å². The number of amides is 3. The number of carbonyl (C=O) groups is 3. The van der Waals surface area contributed by atoms with Crippen LogP contribution in [0.15, 0.2) is 42.5 Å². The van der Waals surface area contributed by atoms with E-state index in [1.807, 2.05) is 22.8 Å². The van der Waals surface area contributed by atoms with E-state index in [1.54, 1.807) is 55.5 Å². The van der Waals surface area contributed by atoms with E-state index >= 15 is 0 Å². The van der Waals surface area contributed by atoms with Crippen molar-refractivity contribution in [3.8, 4) is 11.5 Å². The highest BCUT2D eigenvalue weighted by atomic mass is 35.5. The Labute approximate surface area is 245 Å². The number of methoxy groups -OCH3 is 1. The molecule has 3 amide bonds. The van der Waals surface area contributed by atoms with Crippen LogP contribution >= 0.6 is 23.2 Å². The van der Waals surface area contributed by atoms with Crippen molar-refractivity contribution in [2.75, 3.05) is 40.3 Å². The maximum atomic E-state index is 13.7. The lowest BCUT2D eigenvalue weighted by Crippen LogP contribution is -2.46. The zero-order chi connectivity index (χ0) is 28.6. The Hall–Kier alpha value is -2.97. The molecule has 2 heterocycles. The Morgan fingerprint density at radius 3 is 2.17 bits per heavy atom. The first-order valence-electron chi connectivity index (χ1n) is 13.7. The smallest absolute Gasteiger partial charge is 0.415 e. The van der Waals surface area contributed by atoms with Gasteiger partial charge in [-0.15, -0.1) is 0 Å². The van der Waals surface area contributed by atoms with Gasteiger partial charge >= 0.3 is 6.09 Å². The Kier molecular flexibility index (Phi) is 8.20. The summed E-state index contributed by atoms with van der Waals surface area (Å²) in [5.74, 6) is 1.01. The molecule has 2 saturated heterocycles. The Morgan fingerprint density at radius 2 is 1.57 bits per heavy atom. The average Bonchev–Trinajstić information content (AvgIpc) is 3.57. The van der Waals surface area contributed by atoms with Crippen molar-refractivity contribution < 1.29 is 23.9 Å². The molecular weight excluding hydrogens is 553 g/mol. The lowest BCUT2D eigenvalue weighted by molar-refractivity contribution is -0.142. The van der Waals surface area contributed by atoms with Gasteiger partial charge < -0.3 is 24.2 Å². The van der Waals surface area contributed by atoms with Crippen LogP contribution < -0.4 is 9.47 Å². The normalized spacial score (nSPS) is 22.1. The second-order valence-electron chi connectivity index (χ2n) is 11.4. The van der Waals surface area contributed by atoms with Crippen molar-refractivity contribution in [3.05, 3.63) is 58.1 Å². The molecule has 2 atom stereocenters. The maximum absolute atomic E-state index is 13.7. The fourth-order valence-corrected chi connectivity index (χ4v) is 6.06. The third-order valence-corrected chi connectivity index (χ3v) is 9.41. The van der Waals surface area contributed by atoms with E-state index in [0.29, 0.717) is 60.6 Å². The number of piperidine rings is 1. The number of ether oxygens (including phenoxy) is 2. The highest BCUT2D eigenvalue weighted by Gasteiger charge is 2.48. The van der Waals surface area contributed by atoms with E-state index in [0.717, 1.165) is 18.4 Å². The van der Waals surface area contributed by atoms with Crippen LogP contribution in [-0.2, 0) is 9.59 Å². The van der Waals surface area contributed by atoms with Crippen molar-refractivity contribution in [2.24, 2.45) is 11.3 Å². The lowest BCUT2D eigenvalue weighted by atomic mass is 9.93. The lowest BCUT2D eigenvalue weighted by Gasteiger charge is -2.34. The molecule has 0 N–H and O–H groups in total. The fourth-order valence-electron chi connectivity index (χ4n) is 5.75. The molecule has 1 saturated carbocycles. The summed E-state index contributed by atoms with van der Waals surface area (Å²) < 4.78 is 10.8. The van der Waals surface area contributed by atoms with E-state index in [1.165, 1.54) is 0 Å². The fraction of sp³-hybridized carbons (Fsp3) is 0.500. The molecular formula is C30H35Cl2N3O5. The first-order valence-corrected chi connectivity index (χ1v) is 14.5. The summed E-state index contributed by atoms with van der Waals surface area (Å²) in [6, 6.07) is 11.9. The molecule has 2 aromatic carbocycles. The van der Waals surface area contributed by atoms with Crippen LogP contribution in [0.3, 0.4) is 0 Å². The molecule has 2 unspecified atom stereocenters. The van der Waals surface area contributed by atoms with Gasteiger partial charge in [0.15, 0.2) is 0 Å². The van der Waals surface area contributed by atoms with E-state index in [-0.39, 0.29) is 35.1 Å². The van der Waals surface area contributed by atoms with Gasteiger partial charge in [-0.1, -0.05) is 36.2 Å². The highest BCUT2D eigenvalue weighted by molar-refractivity contribution is 6.42. The van der Waals surface area contributed by atoms with Crippen molar-refractivity contribution in [3.63, 3.8) is 0 Å². The van der Waals surface area contributed by atoms with Gasteiger partial charge in [-0.3, -0.25) is 9.59 Å². The number of likely N-dealkylation sites (tertiary alicyclic amines) is 2. The predicted octanol–water partition coefficient (Wildman–Crippen LogP) is 5.47. The Balaban J connectivity index is 1.29. The van der Waals surface area contributed by atoms with Gasteiger partial charge in [-0.25, -0.2) is 4.79 Å². The summed E-state index contributed by atoms with van der Waals surface area (Å²) in [7, 11) is 3.26. The molecule has 0 bridgehead atoms. The van der Waals surface area contributed by atoms with Crippen LogP contribution in [0.2, 0.25) is 10.0 Å². The molecule has 40 heavy (non-hydrogen) atoms. The first-order chi connectivity index (χ1) is 19.1. The summed E-state index contributed by atoms with van der Waals surface area (Å²) >= 11 is 12.5. The number of hydrogen-bond donors (Lipinski definition) is 0. The molecule has 10 heteroatoms. The number of carbonyl (C=O) groups excluding carboxylic acids is 3. The Bertz CT molecular complexity index is 1270. The van der Waals surface area contributed by atoms with Crippen LogP contribution in [0.25, 0.3) is 0 Å². The van der Waals surface area contributed by atoms with Crippen molar-refractivity contribution in [2.45, 2.75) is 44.6 Å². The third-order valence-electron chi connectivity index (χ3n) is 8.67. The van der Waals surface area contributed by atoms with Gasteiger partial charge in [0.25, 0.3) is 0 Å². The molecule has 0 spiro atoms. The van der Waals surface area contributed by atoms with Gasteiger partial charge in [0.2, 0.25) is 11.8 Å². The largest absolute Gasteiger partial charge is 0.497 e. The number of nitrogens with zero attached hydrogens (tertiary/aromatic N) is 3. The third kappa shape index (κ3) is 5.88. The second-order valence-corrected chi connectivity index (χ2v) is 12.2. The highest BCUT2D eigenvalue weighted by Crippen LogP contribution is 2.47. The summed E-state index contributed by atoms with van der Waals surface area (Å²) in [5.41, 5.74) is 0.703. The number of halogens is 2. The van der Waals surface area contributed by atoms with Crippen molar-refractivity contribution in [1.29, 1.82) is 0 Å². The minimum Gasteiger partial charge on any atom is -0.497 e. The van der Waals surface area contributed by atoms with Crippen molar-refractivity contribution >= 4 is 41.1 Å². The number of rotatable bonds is 6. The number of hydrogen-bond acceptors (Lipinski definition) is 5. The topological polar surface area (TPSA) is 79.4 Å². The molecule has 5 rings (SSSR count). The van der Waals surface area contributed by atoms with E-state index in [4.69, 9.17) is 32.7 Å². The maximum Gasteiger partial charge on any atom is 0.415 e. The van der Waals surface area contributed by atoms with Gasteiger partial charge in [-0.05, 0) is 67.6 Å². The number of likely N-dealkylation sites (N-methyl/N-ethyl adjacent to an activating group) is 1. The van der Waals surface area contributed by atoms with Crippen LogP contribution in [0, 0.1) is 11.3 Å². The SMILES string of the molecule is COc1ccc(OC(=O)N(C)C2CN(C(=O)C3CCN(C(=O)C4(C)CC4)CC3)CC2c2ccc(Cl)c(Cl)c2)cc1. The second kappa shape index (κ2) is 11.5. The monoisotopic (exact) mass is 587 g/mol. The summed E-state index contributed by atoms with van der Waals surface area (Å²) in [6.45, 7) is 4.04. The van der Waals surface area contributed by atoms with Crippen molar-refractivity contribution in [1.82, 2.24) is 14.7 Å². The molecule has 0 radical (unpaired) electrons. The molecule has 8 nitrogen and oxygen atoms in total. The summed E-state index contributed by atoms with van der Waals surface area (Å²) in [4.78, 5) is 45.0. The minimum atomic E-state index is -0.519. The van der Waals surface area contributed by atoms with Crippen LogP contribution in [0.4, 0.5) is 4.79 Å². The Morgan fingerprint density at radius 1 is 0.925 bits per heavy atom. The van der Waals surface area contributed by atoms with Gasteiger partial charge in [-0.2, -0.15) is 0 Å². The van der Waals surface area contributed by atoms with Crippen LogP contribution in [-0.4, -0.2) is 79.0 Å². The van der Waals surface area contributed by atoms with Gasteiger partial charge in [0, 0.05) is 50.5 Å². The molecule has 3 aliphatic rings. The number of benzene rings is 2. The summed E-state index contributed by atoms with van der Waals surface area (Å²) in [6.07, 6.45) is 2.67. The predicted molar refractivity (Wildman–Crippen MR) is 153 cm³/mol. The van der Waals surface area contributed by atoms with E-state index in [9.17, 15) is 14.4 Å². The van der Waals surface area contributed by atoms with Crippen LogP contribution in [0.1, 0.15) is 44.1 Å². The van der Waals surface area contributed by atoms with Gasteiger partial charge in [0.1, 0.15) is 11.5 Å². The standard InChI is InChI=1S/C30H35Cl2N3O5/c1-30(12-13-30)28(37)34-14-10-19(11-15-34)27(36)35-17-23(20-4-9-24(31)25(32)16-20)26(18-35)33(2)29(38)40-22-7-5-21(39-3)6-8-22/h4-9,16,19,23,26H,10-15,17-18H2,1-3H3. The molecule has 0 aromatic heterocycles. The first kappa shape index (κ1) is 28.6. The molecule has 2 aliphatic heterocycles. The molecule has 2 aromatic rings. The zero-order valence-electron chi connectivity index (χ0n) is 23.1. The van der Waals surface area contributed by atoms with E-state index in [2.05, 4.69) is 0 Å². The van der Waals surface area contributed by atoms with Crippen LogP contribution in [0.5, 0.6) is 11.5 Å². The average molecular weight is 589 g/mol. The minimum absolute atomic E-state index is 0.0641. The zero-order valence-corrected chi connectivity index (χ0v) is 24.6. The quantitative estimate of drug-likeness (QED) is 0.448. The van der Waals surface area contributed by atoms with Gasteiger partial charge in [0.05, 0.1) is 23.2 Å².